The van der Waals surface area contributed by atoms with Crippen molar-refractivity contribution in [2.45, 2.75) is 12.8 Å². The predicted octanol–water partition coefficient (Wildman–Crippen LogP) is 4.73. The van der Waals surface area contributed by atoms with Crippen molar-refractivity contribution in [3.05, 3.63) is 104 Å². The summed E-state index contributed by atoms with van der Waals surface area (Å²) in [7, 11) is 0. The number of rotatable bonds is 1. The first-order valence-corrected chi connectivity index (χ1v) is 8.89. The van der Waals surface area contributed by atoms with Crippen molar-refractivity contribution in [1.82, 2.24) is 0 Å². The molecule has 5 rings (SSSR count). The molecule has 2 aromatic carbocycles. The van der Waals surface area contributed by atoms with Crippen LogP contribution >= 0.6 is 11.6 Å². The van der Waals surface area contributed by atoms with Crippen molar-refractivity contribution >= 4 is 23.1 Å². The number of fused-ring (bicyclic) bond motifs is 3. The Kier molecular flexibility index (Phi) is 3.39. The van der Waals surface area contributed by atoms with E-state index >= 15 is 0 Å². The molecule has 3 aromatic rings. The lowest BCUT2D eigenvalue weighted by atomic mass is 9.82. The molecule has 1 aliphatic heterocycles. The van der Waals surface area contributed by atoms with E-state index in [9.17, 15) is 9.59 Å². The van der Waals surface area contributed by atoms with Gasteiger partial charge in [-0.25, -0.2) is 4.79 Å². The molecule has 0 saturated carbocycles. The normalized spacial score (nSPS) is 17.3. The van der Waals surface area contributed by atoms with Gasteiger partial charge in [-0.05, 0) is 18.6 Å². The minimum absolute atomic E-state index is 0.156. The predicted molar refractivity (Wildman–Crippen MR) is 101 cm³/mol. The summed E-state index contributed by atoms with van der Waals surface area (Å²) in [5.41, 5.74) is 2.17. The first kappa shape index (κ1) is 16.1. The number of hydrogen-bond acceptors (Lipinski definition) is 4. The molecule has 4 nitrogen and oxygen atoms in total. The molecule has 1 aliphatic carbocycles. The molecule has 1 unspecified atom stereocenters. The zero-order valence-corrected chi connectivity index (χ0v) is 15.0. The van der Waals surface area contributed by atoms with E-state index in [0.29, 0.717) is 44.6 Å². The van der Waals surface area contributed by atoms with Crippen LogP contribution in [0.1, 0.15) is 38.7 Å². The second kappa shape index (κ2) is 5.69. The van der Waals surface area contributed by atoms with Crippen LogP contribution in [0.4, 0.5) is 0 Å². The highest BCUT2D eigenvalue weighted by Crippen LogP contribution is 2.50. The third-order valence-electron chi connectivity index (χ3n) is 4.98. The summed E-state index contributed by atoms with van der Waals surface area (Å²) in [5.74, 6) is 0.526. The summed E-state index contributed by atoms with van der Waals surface area (Å²) in [4.78, 5) is 25.9. The SMILES string of the molecule is Cc1cc2c(c(=O)o1)C(c1ccccc1Cl)C1=C(O2)c2ccccc2C1=O. The Hall–Kier alpha value is -3.11. The fourth-order valence-electron chi connectivity index (χ4n) is 3.86. The van der Waals surface area contributed by atoms with Gasteiger partial charge in [0.05, 0.1) is 17.1 Å². The van der Waals surface area contributed by atoms with Crippen molar-refractivity contribution in [1.29, 1.82) is 0 Å². The molecular weight excluding hydrogens is 364 g/mol. The molecule has 2 aliphatic rings. The van der Waals surface area contributed by atoms with Crippen LogP contribution in [0.5, 0.6) is 5.75 Å². The minimum Gasteiger partial charge on any atom is -0.456 e. The molecule has 0 spiro atoms. The summed E-state index contributed by atoms with van der Waals surface area (Å²) >= 11 is 6.45. The summed E-state index contributed by atoms with van der Waals surface area (Å²) in [6, 6.07) is 16.2. The van der Waals surface area contributed by atoms with Gasteiger partial charge in [0, 0.05) is 22.2 Å². The van der Waals surface area contributed by atoms with Crippen LogP contribution in [-0.2, 0) is 0 Å². The highest BCUT2D eigenvalue weighted by molar-refractivity contribution is 6.32. The van der Waals surface area contributed by atoms with E-state index in [4.69, 9.17) is 20.8 Å². The number of aryl methyl sites for hydroxylation is 1. The first-order chi connectivity index (χ1) is 13.1. The van der Waals surface area contributed by atoms with Gasteiger partial charge < -0.3 is 9.15 Å². The Morgan fingerprint density at radius 2 is 1.67 bits per heavy atom. The number of hydrogen-bond donors (Lipinski definition) is 0. The lowest BCUT2D eigenvalue weighted by molar-refractivity contribution is 0.103. The van der Waals surface area contributed by atoms with Gasteiger partial charge >= 0.3 is 5.63 Å². The number of halogens is 1. The number of benzene rings is 2. The fraction of sp³-hybridized carbons (Fsp3) is 0.0909. The maximum Gasteiger partial charge on any atom is 0.343 e. The van der Waals surface area contributed by atoms with E-state index < -0.39 is 11.5 Å². The molecule has 0 amide bonds. The van der Waals surface area contributed by atoms with Crippen LogP contribution < -0.4 is 10.4 Å². The van der Waals surface area contributed by atoms with E-state index in [2.05, 4.69) is 0 Å². The van der Waals surface area contributed by atoms with Crippen LogP contribution in [0.3, 0.4) is 0 Å². The summed E-state index contributed by atoms with van der Waals surface area (Å²) in [6.07, 6.45) is 0. The average molecular weight is 377 g/mol. The quantitative estimate of drug-likeness (QED) is 0.616. The fourth-order valence-corrected chi connectivity index (χ4v) is 4.10. The molecule has 1 aromatic heterocycles. The smallest absolute Gasteiger partial charge is 0.343 e. The molecule has 0 radical (unpaired) electrons. The summed E-state index contributed by atoms with van der Waals surface area (Å²) in [6.45, 7) is 1.69. The molecule has 0 bridgehead atoms. The Balaban J connectivity index is 1.86. The van der Waals surface area contributed by atoms with Crippen molar-refractivity contribution in [3.63, 3.8) is 0 Å². The third-order valence-corrected chi connectivity index (χ3v) is 5.33. The van der Waals surface area contributed by atoms with Gasteiger partial charge in [0.1, 0.15) is 17.3 Å². The highest BCUT2D eigenvalue weighted by Gasteiger charge is 2.43. The van der Waals surface area contributed by atoms with Crippen molar-refractivity contribution in [2.24, 2.45) is 0 Å². The van der Waals surface area contributed by atoms with Gasteiger partial charge in [0.15, 0.2) is 5.78 Å². The third kappa shape index (κ3) is 2.23. The van der Waals surface area contributed by atoms with Gasteiger partial charge in [-0.3, -0.25) is 4.79 Å². The van der Waals surface area contributed by atoms with Crippen molar-refractivity contribution < 1.29 is 13.9 Å². The number of allylic oxidation sites excluding steroid dienone is 1. The van der Waals surface area contributed by atoms with Crippen molar-refractivity contribution in [2.75, 3.05) is 0 Å². The zero-order valence-electron chi connectivity index (χ0n) is 14.3. The summed E-state index contributed by atoms with van der Waals surface area (Å²) < 4.78 is 11.4. The monoisotopic (exact) mass is 376 g/mol. The maximum atomic E-state index is 13.2. The zero-order chi connectivity index (χ0) is 18.7. The van der Waals surface area contributed by atoms with E-state index in [-0.39, 0.29) is 5.78 Å². The molecule has 27 heavy (non-hydrogen) atoms. The number of ketones is 1. The van der Waals surface area contributed by atoms with Crippen LogP contribution in [0.25, 0.3) is 5.76 Å². The molecule has 1 atom stereocenters. The number of carbonyl (C=O) groups excluding carboxylic acids is 1. The number of Topliss-reactive ketones (excluding diaryl/α,β-unsaturated/α-hetero) is 1. The van der Waals surface area contributed by atoms with Gasteiger partial charge in [0.2, 0.25) is 0 Å². The largest absolute Gasteiger partial charge is 0.456 e. The standard InChI is InChI=1S/C22H13ClO4/c1-11-10-16-18(22(25)26-11)17(14-8-4-5-9-15(14)23)19-20(24)12-6-2-3-7-13(12)21(19)27-16/h2-10,17H,1H3. The molecule has 0 fully saturated rings. The van der Waals surface area contributed by atoms with E-state index in [1.165, 1.54) is 0 Å². The van der Waals surface area contributed by atoms with Gasteiger partial charge in [-0.1, -0.05) is 54.1 Å². The molecule has 132 valence electrons. The lowest BCUT2D eigenvalue weighted by Crippen LogP contribution is -2.24. The second-order valence-corrected chi connectivity index (χ2v) is 7.00. The highest BCUT2D eigenvalue weighted by atomic mass is 35.5. The molecule has 0 N–H and O–H groups in total. The van der Waals surface area contributed by atoms with Crippen LogP contribution in [0.15, 0.2) is 69.4 Å². The molecule has 5 heteroatoms. The molecular formula is C22H13ClO4. The molecule has 2 heterocycles. The van der Waals surface area contributed by atoms with Crippen LogP contribution in [-0.4, -0.2) is 5.78 Å². The van der Waals surface area contributed by atoms with Gasteiger partial charge in [0.25, 0.3) is 0 Å². The Morgan fingerprint density at radius 3 is 2.44 bits per heavy atom. The Labute approximate surface area is 159 Å². The van der Waals surface area contributed by atoms with E-state index in [1.54, 1.807) is 25.1 Å². The number of ether oxygens (including phenoxy) is 1. The molecule has 0 saturated heterocycles. The van der Waals surface area contributed by atoms with E-state index in [0.717, 1.165) is 5.56 Å². The van der Waals surface area contributed by atoms with Crippen LogP contribution in [0, 0.1) is 6.92 Å². The lowest BCUT2D eigenvalue weighted by Gasteiger charge is -2.27. The van der Waals surface area contributed by atoms with Crippen molar-refractivity contribution in [3.8, 4) is 5.75 Å². The van der Waals surface area contributed by atoms with E-state index in [1.807, 2.05) is 36.4 Å². The Morgan fingerprint density at radius 1 is 0.963 bits per heavy atom. The first-order valence-electron chi connectivity index (χ1n) is 8.51. The Bertz CT molecular complexity index is 1220. The van der Waals surface area contributed by atoms with Gasteiger partial charge in [-0.15, -0.1) is 0 Å². The number of carbonyl (C=O) groups is 1. The summed E-state index contributed by atoms with van der Waals surface area (Å²) in [5, 5.41) is 0.478. The van der Waals surface area contributed by atoms with Gasteiger partial charge in [-0.2, -0.15) is 0 Å². The average Bonchev–Trinajstić information content (AvgIpc) is 2.93. The van der Waals surface area contributed by atoms with Crippen LogP contribution in [0.2, 0.25) is 5.02 Å². The topological polar surface area (TPSA) is 56.5 Å². The maximum absolute atomic E-state index is 13.2. The second-order valence-electron chi connectivity index (χ2n) is 6.60. The minimum atomic E-state index is -0.644.